The molecule has 1 N–H and O–H groups in total. The smallest absolute Gasteiger partial charge is 0.338 e. The molecule has 0 spiro atoms. The van der Waals surface area contributed by atoms with Crippen LogP contribution in [-0.4, -0.2) is 30.8 Å². The fourth-order valence-corrected chi connectivity index (χ4v) is 3.11. The highest BCUT2D eigenvalue weighted by atomic mass is 32.2. The maximum absolute atomic E-state index is 12.4. The highest BCUT2D eigenvalue weighted by Crippen LogP contribution is 2.26. The number of carbonyl (C=O) groups excluding carboxylic acids is 2. The number of unbranched alkanes of at least 4 members (excludes halogenated alkanes) is 1. The van der Waals surface area contributed by atoms with Crippen molar-refractivity contribution >= 4 is 29.3 Å². The van der Waals surface area contributed by atoms with E-state index in [2.05, 4.69) is 5.32 Å². The van der Waals surface area contributed by atoms with E-state index in [1.54, 1.807) is 31.4 Å². The fraction of sp³-hybridized carbons (Fsp3) is 0.333. The van der Waals surface area contributed by atoms with Crippen LogP contribution in [0.2, 0.25) is 0 Å². The molecule has 5 nitrogen and oxygen atoms in total. The lowest BCUT2D eigenvalue weighted by Crippen LogP contribution is -2.22. The number of amides is 1. The van der Waals surface area contributed by atoms with E-state index in [0.29, 0.717) is 17.9 Å². The van der Waals surface area contributed by atoms with Crippen molar-refractivity contribution in [1.29, 1.82) is 0 Å². The van der Waals surface area contributed by atoms with Crippen LogP contribution in [0.15, 0.2) is 53.4 Å². The summed E-state index contributed by atoms with van der Waals surface area (Å²) in [6.07, 6.45) is 1.83. The summed E-state index contributed by atoms with van der Waals surface area (Å²) in [7, 11) is 1.62. The van der Waals surface area contributed by atoms with E-state index in [0.717, 1.165) is 23.5 Å². The number of rotatable bonds is 9. The fourth-order valence-electron chi connectivity index (χ4n) is 2.24. The molecule has 27 heavy (non-hydrogen) atoms. The molecule has 0 bridgehead atoms. The van der Waals surface area contributed by atoms with E-state index in [1.165, 1.54) is 11.8 Å². The molecule has 0 aliphatic carbocycles. The first-order valence-electron chi connectivity index (χ1n) is 8.92. The maximum Gasteiger partial charge on any atom is 0.338 e. The Kier molecular flexibility index (Phi) is 8.20. The highest BCUT2D eigenvalue weighted by Gasteiger charge is 2.15. The lowest BCUT2D eigenvalue weighted by molar-refractivity contribution is -0.115. The monoisotopic (exact) mass is 387 g/mol. The first-order chi connectivity index (χ1) is 13.0. The van der Waals surface area contributed by atoms with Gasteiger partial charge in [0.2, 0.25) is 5.91 Å². The van der Waals surface area contributed by atoms with E-state index in [4.69, 9.17) is 9.47 Å². The zero-order valence-electron chi connectivity index (χ0n) is 15.9. The summed E-state index contributed by atoms with van der Waals surface area (Å²) in [5.41, 5.74) is 1.12. The van der Waals surface area contributed by atoms with Gasteiger partial charge in [0.1, 0.15) is 5.75 Å². The van der Waals surface area contributed by atoms with Crippen molar-refractivity contribution in [2.45, 2.75) is 36.8 Å². The van der Waals surface area contributed by atoms with E-state index >= 15 is 0 Å². The SMILES string of the molecule is CCCCOC(=O)c1ccc(NC(=O)[C@H](C)Sc2ccc(OC)cc2)cc1. The van der Waals surface area contributed by atoms with E-state index in [1.807, 2.05) is 38.1 Å². The molecule has 0 saturated heterocycles. The van der Waals surface area contributed by atoms with Gasteiger partial charge in [-0.3, -0.25) is 4.79 Å². The summed E-state index contributed by atoms with van der Waals surface area (Å²) in [4.78, 5) is 25.3. The molecule has 2 rings (SSSR count). The second kappa shape index (κ2) is 10.6. The highest BCUT2D eigenvalue weighted by molar-refractivity contribution is 8.00. The molecular formula is C21H25NO4S. The van der Waals surface area contributed by atoms with Crippen molar-refractivity contribution in [1.82, 2.24) is 0 Å². The van der Waals surface area contributed by atoms with Gasteiger partial charge in [0.25, 0.3) is 0 Å². The number of methoxy groups -OCH3 is 1. The Labute approximate surface area is 164 Å². The van der Waals surface area contributed by atoms with Crippen molar-refractivity contribution in [3.05, 3.63) is 54.1 Å². The molecule has 6 heteroatoms. The number of nitrogens with one attached hydrogen (secondary N) is 1. The van der Waals surface area contributed by atoms with Gasteiger partial charge in [-0.2, -0.15) is 0 Å². The van der Waals surface area contributed by atoms with Crippen LogP contribution in [0.1, 0.15) is 37.0 Å². The lowest BCUT2D eigenvalue weighted by Gasteiger charge is -2.12. The Morgan fingerprint density at radius 2 is 1.74 bits per heavy atom. The lowest BCUT2D eigenvalue weighted by atomic mass is 10.2. The first kappa shape index (κ1) is 20.8. The summed E-state index contributed by atoms with van der Waals surface area (Å²) in [6, 6.07) is 14.3. The summed E-state index contributed by atoms with van der Waals surface area (Å²) in [6.45, 7) is 4.32. The topological polar surface area (TPSA) is 64.6 Å². The van der Waals surface area contributed by atoms with Crippen LogP contribution >= 0.6 is 11.8 Å². The molecule has 1 amide bonds. The maximum atomic E-state index is 12.4. The average molecular weight is 388 g/mol. The minimum absolute atomic E-state index is 0.103. The van der Waals surface area contributed by atoms with Gasteiger partial charge in [-0.1, -0.05) is 13.3 Å². The Morgan fingerprint density at radius 1 is 1.07 bits per heavy atom. The number of ether oxygens (including phenoxy) is 2. The van der Waals surface area contributed by atoms with Crippen molar-refractivity contribution in [3.8, 4) is 5.75 Å². The van der Waals surface area contributed by atoms with Crippen LogP contribution in [0.5, 0.6) is 5.75 Å². The predicted octanol–water partition coefficient (Wildman–Crippen LogP) is 4.77. The molecular weight excluding hydrogens is 362 g/mol. The Balaban J connectivity index is 1.87. The van der Waals surface area contributed by atoms with Gasteiger partial charge in [0.15, 0.2) is 0 Å². The largest absolute Gasteiger partial charge is 0.497 e. The van der Waals surface area contributed by atoms with Gasteiger partial charge in [0.05, 0.1) is 24.5 Å². The normalized spacial score (nSPS) is 11.5. The van der Waals surface area contributed by atoms with Crippen LogP contribution < -0.4 is 10.1 Å². The van der Waals surface area contributed by atoms with Crippen molar-refractivity contribution in [3.63, 3.8) is 0 Å². The number of hydrogen-bond acceptors (Lipinski definition) is 5. The summed E-state index contributed by atoms with van der Waals surface area (Å²) in [5.74, 6) is 0.337. The Morgan fingerprint density at radius 3 is 2.33 bits per heavy atom. The molecule has 1 atom stereocenters. The standard InChI is InChI=1S/C21H25NO4S/c1-4-5-14-26-21(24)16-6-8-17(9-7-16)22-20(23)15(2)27-19-12-10-18(25-3)11-13-19/h6-13,15H,4-5,14H2,1-3H3,(H,22,23)/t15-/m0/s1. The van der Waals surface area contributed by atoms with Crippen molar-refractivity contribution in [2.75, 3.05) is 19.0 Å². The van der Waals surface area contributed by atoms with E-state index < -0.39 is 0 Å². The van der Waals surface area contributed by atoms with E-state index in [-0.39, 0.29) is 17.1 Å². The van der Waals surface area contributed by atoms with Gasteiger partial charge in [-0.05, 0) is 61.9 Å². The van der Waals surface area contributed by atoms with Crippen LogP contribution in [-0.2, 0) is 9.53 Å². The molecule has 0 aromatic heterocycles. The van der Waals surface area contributed by atoms with Crippen LogP contribution in [0, 0.1) is 0 Å². The second-order valence-corrected chi connectivity index (χ2v) is 7.41. The Bertz CT molecular complexity index is 744. The molecule has 144 valence electrons. The second-order valence-electron chi connectivity index (χ2n) is 5.99. The minimum atomic E-state index is -0.343. The number of anilines is 1. The number of thioether (sulfide) groups is 1. The zero-order chi connectivity index (χ0) is 19.6. The predicted molar refractivity (Wildman–Crippen MR) is 109 cm³/mol. The molecule has 2 aromatic rings. The van der Waals surface area contributed by atoms with Crippen LogP contribution in [0.4, 0.5) is 5.69 Å². The molecule has 0 aliphatic rings. The third-order valence-corrected chi connectivity index (χ3v) is 4.97. The summed E-state index contributed by atoms with van der Waals surface area (Å²) < 4.78 is 10.3. The third kappa shape index (κ3) is 6.64. The molecule has 2 aromatic carbocycles. The number of carbonyl (C=O) groups is 2. The molecule has 0 aliphatic heterocycles. The number of esters is 1. The zero-order valence-corrected chi connectivity index (χ0v) is 16.7. The number of benzene rings is 2. The van der Waals surface area contributed by atoms with Gasteiger partial charge in [-0.15, -0.1) is 11.8 Å². The van der Waals surface area contributed by atoms with Gasteiger partial charge in [0, 0.05) is 10.6 Å². The molecule has 0 fully saturated rings. The molecule has 0 unspecified atom stereocenters. The molecule has 0 heterocycles. The molecule has 0 saturated carbocycles. The number of hydrogen-bond donors (Lipinski definition) is 1. The third-order valence-electron chi connectivity index (χ3n) is 3.86. The van der Waals surface area contributed by atoms with Gasteiger partial charge >= 0.3 is 5.97 Å². The van der Waals surface area contributed by atoms with Crippen LogP contribution in [0.3, 0.4) is 0 Å². The molecule has 0 radical (unpaired) electrons. The Hall–Kier alpha value is -2.47. The van der Waals surface area contributed by atoms with Crippen LogP contribution in [0.25, 0.3) is 0 Å². The first-order valence-corrected chi connectivity index (χ1v) is 9.80. The van der Waals surface area contributed by atoms with E-state index in [9.17, 15) is 9.59 Å². The average Bonchev–Trinajstić information content (AvgIpc) is 2.69. The minimum Gasteiger partial charge on any atom is -0.497 e. The van der Waals surface area contributed by atoms with Gasteiger partial charge in [-0.25, -0.2) is 4.79 Å². The van der Waals surface area contributed by atoms with Crippen molar-refractivity contribution < 1.29 is 19.1 Å². The quantitative estimate of drug-likeness (QED) is 0.381. The summed E-state index contributed by atoms with van der Waals surface area (Å²) >= 11 is 1.47. The van der Waals surface area contributed by atoms with Crippen molar-refractivity contribution in [2.24, 2.45) is 0 Å². The van der Waals surface area contributed by atoms with Gasteiger partial charge < -0.3 is 14.8 Å². The summed E-state index contributed by atoms with van der Waals surface area (Å²) in [5, 5.41) is 2.60.